The van der Waals surface area contributed by atoms with Gasteiger partial charge in [0, 0.05) is 11.3 Å². The molecule has 2 atom stereocenters. The minimum atomic E-state index is -0.735. The zero-order chi connectivity index (χ0) is 9.35. The number of Topliss-reactive ketones (excluding diaryl/α,β-unsaturated/α-hetero) is 1. The third-order valence-corrected chi connectivity index (χ3v) is 2.48. The molecule has 0 unspecified atom stereocenters. The molecule has 0 heterocycles. The van der Waals surface area contributed by atoms with Gasteiger partial charge in [0.25, 0.3) is 0 Å². The van der Waals surface area contributed by atoms with Crippen LogP contribution in [0.3, 0.4) is 0 Å². The molecule has 1 nitrogen and oxygen atoms in total. The Labute approximate surface area is 73.3 Å². The van der Waals surface area contributed by atoms with Crippen molar-refractivity contribution in [3.8, 4) is 0 Å². The normalized spacial score (nSPS) is 30.7. The van der Waals surface area contributed by atoms with Gasteiger partial charge < -0.3 is 0 Å². The van der Waals surface area contributed by atoms with Gasteiger partial charge in [-0.3, -0.25) is 4.79 Å². The Balaban J connectivity index is 2.55. The van der Waals surface area contributed by atoms with Gasteiger partial charge in [-0.2, -0.15) is 0 Å². The molecule has 0 aliphatic heterocycles. The summed E-state index contributed by atoms with van der Waals surface area (Å²) in [7, 11) is 0. The van der Waals surface area contributed by atoms with Crippen LogP contribution in [-0.2, 0) is 4.79 Å². The van der Waals surface area contributed by atoms with Crippen LogP contribution in [0.15, 0.2) is 0 Å². The van der Waals surface area contributed by atoms with Crippen LogP contribution in [0.5, 0.6) is 0 Å². The molecule has 1 aliphatic rings. The minimum Gasteiger partial charge on any atom is -0.299 e. The van der Waals surface area contributed by atoms with Crippen molar-refractivity contribution in [2.75, 3.05) is 0 Å². The van der Waals surface area contributed by atoms with Crippen LogP contribution in [0, 0.1) is 11.3 Å². The average Bonchev–Trinajstić information content (AvgIpc) is 2.32. The van der Waals surface area contributed by atoms with Crippen LogP contribution in [0.1, 0.15) is 40.0 Å². The number of alkyl halides is 1. The van der Waals surface area contributed by atoms with Crippen molar-refractivity contribution in [2.24, 2.45) is 11.3 Å². The Morgan fingerprint density at radius 2 is 1.92 bits per heavy atom. The largest absolute Gasteiger partial charge is 0.299 e. The summed E-state index contributed by atoms with van der Waals surface area (Å²) in [4.78, 5) is 11.6. The minimum absolute atomic E-state index is 0.0139. The maximum Gasteiger partial charge on any atom is 0.141 e. The Hall–Kier alpha value is -0.400. The molecule has 0 aromatic carbocycles. The summed E-state index contributed by atoms with van der Waals surface area (Å²) in [6.07, 6.45) is 1.04. The summed E-state index contributed by atoms with van der Waals surface area (Å²) in [5.41, 5.74) is -0.297. The zero-order valence-electron chi connectivity index (χ0n) is 8.06. The standard InChI is InChI=1S/C10H17FO/c1-10(2,3)9(12)7-4-5-8(11)6-7/h7-8H,4-6H2,1-3H3/t7-,8-/m0/s1. The van der Waals surface area contributed by atoms with Crippen LogP contribution < -0.4 is 0 Å². The van der Waals surface area contributed by atoms with Gasteiger partial charge >= 0.3 is 0 Å². The molecule has 0 bridgehead atoms. The number of hydrogen-bond donors (Lipinski definition) is 0. The van der Waals surface area contributed by atoms with E-state index >= 15 is 0 Å². The molecule has 1 aliphatic carbocycles. The highest BCUT2D eigenvalue weighted by molar-refractivity contribution is 5.86. The summed E-state index contributed by atoms with van der Waals surface area (Å²) in [6.45, 7) is 5.71. The van der Waals surface area contributed by atoms with Crippen LogP contribution in [-0.4, -0.2) is 12.0 Å². The highest BCUT2D eigenvalue weighted by Crippen LogP contribution is 2.33. The predicted octanol–water partition coefficient (Wildman–Crippen LogP) is 2.74. The molecular formula is C10H17FO. The van der Waals surface area contributed by atoms with E-state index in [0.29, 0.717) is 12.8 Å². The lowest BCUT2D eigenvalue weighted by molar-refractivity contribution is -0.130. The van der Waals surface area contributed by atoms with Crippen molar-refractivity contribution >= 4 is 5.78 Å². The lowest BCUT2D eigenvalue weighted by atomic mass is 9.82. The Kier molecular flexibility index (Phi) is 2.55. The number of hydrogen-bond acceptors (Lipinski definition) is 1. The van der Waals surface area contributed by atoms with Crippen molar-refractivity contribution < 1.29 is 9.18 Å². The topological polar surface area (TPSA) is 17.1 Å². The van der Waals surface area contributed by atoms with E-state index < -0.39 is 6.17 Å². The first kappa shape index (κ1) is 9.69. The van der Waals surface area contributed by atoms with Crippen LogP contribution in [0.4, 0.5) is 4.39 Å². The van der Waals surface area contributed by atoms with E-state index in [2.05, 4.69) is 0 Å². The molecule has 1 rings (SSSR count). The van der Waals surface area contributed by atoms with Gasteiger partial charge in [0.05, 0.1) is 0 Å². The summed E-state index contributed by atoms with van der Waals surface area (Å²) >= 11 is 0. The molecular weight excluding hydrogens is 155 g/mol. The fourth-order valence-corrected chi connectivity index (χ4v) is 1.78. The monoisotopic (exact) mass is 172 g/mol. The van der Waals surface area contributed by atoms with Crippen molar-refractivity contribution in [3.63, 3.8) is 0 Å². The summed E-state index contributed by atoms with van der Waals surface area (Å²) in [5, 5.41) is 0. The van der Waals surface area contributed by atoms with E-state index in [0.717, 1.165) is 6.42 Å². The fourth-order valence-electron chi connectivity index (χ4n) is 1.78. The van der Waals surface area contributed by atoms with Crippen molar-refractivity contribution in [1.82, 2.24) is 0 Å². The van der Waals surface area contributed by atoms with Gasteiger partial charge in [0.15, 0.2) is 0 Å². The van der Waals surface area contributed by atoms with Gasteiger partial charge in [-0.1, -0.05) is 20.8 Å². The molecule has 0 aromatic heterocycles. The van der Waals surface area contributed by atoms with E-state index in [-0.39, 0.29) is 17.1 Å². The summed E-state index contributed by atoms with van der Waals surface area (Å²) < 4.78 is 12.8. The lowest BCUT2D eigenvalue weighted by Crippen LogP contribution is -2.26. The molecule has 0 saturated heterocycles. The smallest absolute Gasteiger partial charge is 0.141 e. The first-order valence-electron chi connectivity index (χ1n) is 4.59. The van der Waals surface area contributed by atoms with Crippen molar-refractivity contribution in [3.05, 3.63) is 0 Å². The molecule has 0 spiro atoms. The molecule has 2 heteroatoms. The lowest BCUT2D eigenvalue weighted by Gasteiger charge is -2.20. The van der Waals surface area contributed by atoms with Gasteiger partial charge in [-0.15, -0.1) is 0 Å². The molecule has 12 heavy (non-hydrogen) atoms. The van der Waals surface area contributed by atoms with Gasteiger partial charge in [0.2, 0.25) is 0 Å². The van der Waals surface area contributed by atoms with E-state index in [1.54, 1.807) is 0 Å². The quantitative estimate of drug-likeness (QED) is 0.594. The Morgan fingerprint density at radius 1 is 1.33 bits per heavy atom. The van der Waals surface area contributed by atoms with E-state index in [9.17, 15) is 9.18 Å². The highest BCUT2D eigenvalue weighted by atomic mass is 19.1. The maximum absolute atomic E-state index is 12.8. The number of rotatable bonds is 1. The maximum atomic E-state index is 12.8. The molecule has 70 valence electrons. The Morgan fingerprint density at radius 3 is 2.25 bits per heavy atom. The second-order valence-electron chi connectivity index (χ2n) is 4.72. The summed E-state index contributed by atoms with van der Waals surface area (Å²) in [6, 6.07) is 0. The molecule has 0 N–H and O–H groups in total. The fraction of sp³-hybridized carbons (Fsp3) is 0.900. The third-order valence-electron chi connectivity index (χ3n) is 2.48. The molecule has 1 saturated carbocycles. The van der Waals surface area contributed by atoms with Crippen LogP contribution >= 0.6 is 0 Å². The van der Waals surface area contributed by atoms with Gasteiger partial charge in [-0.05, 0) is 19.3 Å². The van der Waals surface area contributed by atoms with E-state index in [4.69, 9.17) is 0 Å². The van der Waals surface area contributed by atoms with Crippen molar-refractivity contribution in [2.45, 2.75) is 46.2 Å². The van der Waals surface area contributed by atoms with Crippen LogP contribution in [0.2, 0.25) is 0 Å². The molecule has 0 radical (unpaired) electrons. The number of carbonyl (C=O) groups is 1. The predicted molar refractivity (Wildman–Crippen MR) is 46.7 cm³/mol. The third kappa shape index (κ3) is 2.05. The first-order chi connectivity index (χ1) is 5.41. The second-order valence-corrected chi connectivity index (χ2v) is 4.72. The SMILES string of the molecule is CC(C)(C)C(=O)[C@H]1CC[C@H](F)C1. The van der Waals surface area contributed by atoms with E-state index in [1.807, 2.05) is 20.8 Å². The number of carbonyl (C=O) groups excluding carboxylic acids is 1. The summed E-state index contributed by atoms with van der Waals surface area (Å²) in [5.74, 6) is 0.211. The average molecular weight is 172 g/mol. The van der Waals surface area contributed by atoms with E-state index in [1.165, 1.54) is 0 Å². The zero-order valence-corrected chi connectivity index (χ0v) is 8.06. The number of ketones is 1. The first-order valence-corrected chi connectivity index (χ1v) is 4.59. The number of halogens is 1. The second kappa shape index (κ2) is 3.15. The Bertz CT molecular complexity index is 181. The molecule has 0 aromatic rings. The van der Waals surface area contributed by atoms with Crippen LogP contribution in [0.25, 0.3) is 0 Å². The molecule has 0 amide bonds. The molecule has 1 fully saturated rings. The van der Waals surface area contributed by atoms with Gasteiger partial charge in [-0.25, -0.2) is 4.39 Å². The van der Waals surface area contributed by atoms with Gasteiger partial charge in [0.1, 0.15) is 12.0 Å². The highest BCUT2D eigenvalue weighted by Gasteiger charge is 2.35. The van der Waals surface area contributed by atoms with Crippen molar-refractivity contribution in [1.29, 1.82) is 0 Å².